The highest BCUT2D eigenvalue weighted by molar-refractivity contribution is 5.81. The van der Waals surface area contributed by atoms with Gasteiger partial charge in [0.25, 0.3) is 0 Å². The number of hydrogen-bond donors (Lipinski definition) is 1. The molecular weight excluding hydrogens is 183 g/mol. The summed E-state index contributed by atoms with van der Waals surface area (Å²) >= 11 is 0. The molecule has 1 radical (unpaired) electrons. The molecule has 2 nitrogen and oxygen atoms in total. The average Bonchev–Trinajstić information content (AvgIpc) is 2.02. The second-order valence-corrected chi connectivity index (χ2v) is 2.67. The smallest absolute Gasteiger partial charge is 0.348 e. The van der Waals surface area contributed by atoms with Crippen molar-refractivity contribution >= 4 is 5.91 Å². The Balaban J connectivity index is 3.38. The van der Waals surface area contributed by atoms with Gasteiger partial charge in [-0.1, -0.05) is 26.2 Å². The van der Waals surface area contributed by atoms with Crippen molar-refractivity contribution in [3.63, 3.8) is 0 Å². The summed E-state index contributed by atoms with van der Waals surface area (Å²) in [5.41, 5.74) is 0. The Morgan fingerprint density at radius 3 is 2.31 bits per heavy atom. The molecule has 1 amide bonds. The van der Waals surface area contributed by atoms with E-state index >= 15 is 0 Å². The van der Waals surface area contributed by atoms with E-state index in [1.165, 1.54) is 0 Å². The van der Waals surface area contributed by atoms with Crippen LogP contribution >= 0.6 is 0 Å². The average molecular weight is 196 g/mol. The van der Waals surface area contributed by atoms with Gasteiger partial charge in [-0.25, -0.2) is 0 Å². The number of carbonyl (C=O) groups is 1. The number of amides is 1. The van der Waals surface area contributed by atoms with Gasteiger partial charge in [0.1, 0.15) is 0 Å². The molecule has 0 aromatic rings. The lowest BCUT2D eigenvalue weighted by Gasteiger charge is -2.06. The number of alkyl halides is 3. The summed E-state index contributed by atoms with van der Waals surface area (Å²) in [6, 6.07) is 0. The minimum Gasteiger partial charge on any atom is -0.348 e. The van der Waals surface area contributed by atoms with Crippen molar-refractivity contribution in [3.05, 3.63) is 6.92 Å². The zero-order valence-corrected chi connectivity index (χ0v) is 7.28. The Bertz CT molecular complexity index is 156. The van der Waals surface area contributed by atoms with Crippen LogP contribution in [-0.2, 0) is 4.79 Å². The summed E-state index contributed by atoms with van der Waals surface area (Å²) < 4.78 is 34.8. The maximum absolute atomic E-state index is 11.6. The Morgan fingerprint density at radius 2 is 1.85 bits per heavy atom. The van der Waals surface area contributed by atoms with Crippen LogP contribution in [0.4, 0.5) is 13.2 Å². The number of carbonyl (C=O) groups excluding carboxylic acids is 1. The number of unbranched alkanes of at least 4 members (excludes halogenated alkanes) is 3. The molecule has 0 aromatic carbocycles. The molecule has 0 saturated heterocycles. The van der Waals surface area contributed by atoms with Gasteiger partial charge in [-0.05, 0) is 6.42 Å². The highest BCUT2D eigenvalue weighted by Gasteiger charge is 2.37. The van der Waals surface area contributed by atoms with E-state index in [1.54, 1.807) is 5.32 Å². The zero-order chi connectivity index (χ0) is 10.3. The highest BCUT2D eigenvalue weighted by Crippen LogP contribution is 2.13. The molecule has 0 aliphatic rings. The molecule has 0 rings (SSSR count). The lowest BCUT2D eigenvalue weighted by molar-refractivity contribution is -0.173. The Morgan fingerprint density at radius 1 is 1.23 bits per heavy atom. The Labute approximate surface area is 75.5 Å². The molecule has 5 heteroatoms. The number of rotatable bonds is 5. The molecule has 0 aromatic heterocycles. The molecule has 0 fully saturated rings. The van der Waals surface area contributed by atoms with Crippen molar-refractivity contribution in [2.75, 3.05) is 6.54 Å². The number of halogens is 3. The Kier molecular flexibility index (Phi) is 5.50. The van der Waals surface area contributed by atoms with Crippen molar-refractivity contribution in [1.82, 2.24) is 5.32 Å². The van der Waals surface area contributed by atoms with Crippen LogP contribution in [0.1, 0.15) is 25.7 Å². The van der Waals surface area contributed by atoms with E-state index in [4.69, 9.17) is 0 Å². The first-order chi connectivity index (χ1) is 5.98. The molecule has 0 unspecified atom stereocenters. The summed E-state index contributed by atoms with van der Waals surface area (Å²) in [7, 11) is 0. The highest BCUT2D eigenvalue weighted by atomic mass is 19.4. The fourth-order valence-corrected chi connectivity index (χ4v) is 0.781. The van der Waals surface area contributed by atoms with Gasteiger partial charge in [-0.15, -0.1) is 0 Å². The second-order valence-electron chi connectivity index (χ2n) is 2.67. The standard InChI is InChI=1S/C8H13F3NO/c1-2-3-4-5-6-12-7(13)8(9,10)11/h1-6H2,(H,12,13). The molecule has 13 heavy (non-hydrogen) atoms. The van der Waals surface area contributed by atoms with E-state index in [9.17, 15) is 18.0 Å². The lowest BCUT2D eigenvalue weighted by atomic mass is 10.2. The van der Waals surface area contributed by atoms with Gasteiger partial charge in [0.15, 0.2) is 0 Å². The van der Waals surface area contributed by atoms with Gasteiger partial charge < -0.3 is 5.32 Å². The minimum absolute atomic E-state index is 0.0817. The third-order valence-electron chi connectivity index (χ3n) is 1.47. The van der Waals surface area contributed by atoms with Gasteiger partial charge in [-0.2, -0.15) is 13.2 Å². The first-order valence-corrected chi connectivity index (χ1v) is 4.12. The van der Waals surface area contributed by atoms with Crippen LogP contribution in [0.2, 0.25) is 0 Å². The summed E-state index contributed by atoms with van der Waals surface area (Å²) in [6.45, 7) is 3.67. The maximum Gasteiger partial charge on any atom is 0.471 e. The van der Waals surface area contributed by atoms with Crippen molar-refractivity contribution in [2.24, 2.45) is 0 Å². The van der Waals surface area contributed by atoms with E-state index in [-0.39, 0.29) is 6.54 Å². The van der Waals surface area contributed by atoms with E-state index in [1.807, 2.05) is 0 Å². The molecule has 0 atom stereocenters. The van der Waals surface area contributed by atoms with Crippen LogP contribution in [0.5, 0.6) is 0 Å². The van der Waals surface area contributed by atoms with Gasteiger partial charge in [0.2, 0.25) is 0 Å². The monoisotopic (exact) mass is 196 g/mol. The molecule has 77 valence electrons. The van der Waals surface area contributed by atoms with Crippen molar-refractivity contribution in [1.29, 1.82) is 0 Å². The quantitative estimate of drug-likeness (QED) is 0.670. The third kappa shape index (κ3) is 6.42. The Hall–Kier alpha value is -0.740. The van der Waals surface area contributed by atoms with E-state index in [0.717, 1.165) is 19.3 Å². The van der Waals surface area contributed by atoms with Crippen LogP contribution in [0.25, 0.3) is 0 Å². The topological polar surface area (TPSA) is 29.1 Å². The SMILES string of the molecule is [CH2]CCCCCNC(=O)C(F)(F)F. The van der Waals surface area contributed by atoms with Crippen LogP contribution in [-0.4, -0.2) is 18.6 Å². The number of nitrogens with one attached hydrogen (secondary N) is 1. The molecule has 0 aliphatic heterocycles. The fraction of sp³-hybridized carbons (Fsp3) is 0.750. The van der Waals surface area contributed by atoms with Gasteiger partial charge in [0.05, 0.1) is 0 Å². The predicted octanol–water partition coefficient (Wildman–Crippen LogP) is 2.06. The van der Waals surface area contributed by atoms with Crippen LogP contribution in [0.3, 0.4) is 0 Å². The van der Waals surface area contributed by atoms with Crippen LogP contribution < -0.4 is 5.32 Å². The van der Waals surface area contributed by atoms with Gasteiger partial charge in [-0.3, -0.25) is 4.79 Å². The van der Waals surface area contributed by atoms with E-state index in [2.05, 4.69) is 6.92 Å². The maximum atomic E-state index is 11.6. The molecule has 0 saturated carbocycles. The second kappa shape index (κ2) is 5.83. The normalized spacial score (nSPS) is 11.4. The van der Waals surface area contributed by atoms with Gasteiger partial charge in [0, 0.05) is 6.54 Å². The molecular formula is C8H13F3NO. The molecule has 1 N–H and O–H groups in total. The zero-order valence-electron chi connectivity index (χ0n) is 7.28. The molecule has 0 bridgehead atoms. The largest absolute Gasteiger partial charge is 0.471 e. The molecule has 0 aliphatic carbocycles. The van der Waals surface area contributed by atoms with E-state index in [0.29, 0.717) is 6.42 Å². The van der Waals surface area contributed by atoms with Crippen molar-refractivity contribution in [2.45, 2.75) is 31.9 Å². The van der Waals surface area contributed by atoms with E-state index < -0.39 is 12.1 Å². The van der Waals surface area contributed by atoms with Crippen molar-refractivity contribution in [3.8, 4) is 0 Å². The first kappa shape index (κ1) is 12.3. The molecule has 0 heterocycles. The van der Waals surface area contributed by atoms with Crippen LogP contribution in [0, 0.1) is 6.92 Å². The summed E-state index contributed by atoms with van der Waals surface area (Å²) in [4.78, 5) is 10.2. The number of hydrogen-bond acceptors (Lipinski definition) is 1. The first-order valence-electron chi connectivity index (χ1n) is 4.12. The van der Waals surface area contributed by atoms with Crippen LogP contribution in [0.15, 0.2) is 0 Å². The lowest BCUT2D eigenvalue weighted by Crippen LogP contribution is -2.37. The summed E-state index contributed by atoms with van der Waals surface area (Å²) in [6.07, 6.45) is -1.75. The van der Waals surface area contributed by atoms with Gasteiger partial charge >= 0.3 is 12.1 Å². The third-order valence-corrected chi connectivity index (χ3v) is 1.47. The molecule has 0 spiro atoms. The minimum atomic E-state index is -4.76. The predicted molar refractivity (Wildman–Crippen MR) is 42.9 cm³/mol. The van der Waals surface area contributed by atoms with Crippen molar-refractivity contribution < 1.29 is 18.0 Å². The summed E-state index contributed by atoms with van der Waals surface area (Å²) in [5.74, 6) is -1.86. The fourth-order valence-electron chi connectivity index (χ4n) is 0.781. The summed E-state index contributed by atoms with van der Waals surface area (Å²) in [5, 5.41) is 1.80.